The van der Waals surface area contributed by atoms with Crippen molar-refractivity contribution in [1.82, 2.24) is 4.98 Å². The third-order valence-electron chi connectivity index (χ3n) is 3.99. The topological polar surface area (TPSA) is 31.4 Å². The van der Waals surface area contributed by atoms with Gasteiger partial charge in [-0.05, 0) is 24.6 Å². The predicted molar refractivity (Wildman–Crippen MR) is 96.9 cm³/mol. The summed E-state index contributed by atoms with van der Waals surface area (Å²) >= 11 is 5.92. The maximum Gasteiger partial charge on any atom is 0.185 e. The molecule has 4 heteroatoms. The molecule has 0 N–H and O–H groups in total. The number of hydrogen-bond donors (Lipinski definition) is 0. The van der Waals surface area contributed by atoms with Gasteiger partial charge in [-0.25, -0.2) is 0 Å². The van der Waals surface area contributed by atoms with Gasteiger partial charge >= 0.3 is 0 Å². The minimum absolute atomic E-state index is 0.326. The third-order valence-corrected chi connectivity index (χ3v) is 4.24. The minimum atomic E-state index is -0.326. The highest BCUT2D eigenvalue weighted by molar-refractivity contribution is 6.30. The van der Waals surface area contributed by atoms with E-state index >= 15 is 0 Å². The first-order valence-electron chi connectivity index (χ1n) is 8.38. The van der Waals surface area contributed by atoms with Gasteiger partial charge in [-0.2, -0.15) is 0 Å². The Morgan fingerprint density at radius 3 is 2.50 bits per heavy atom. The quantitative estimate of drug-likeness (QED) is 0.679. The molecule has 0 atom stereocenters. The molecule has 1 aliphatic rings. The second-order valence-corrected chi connectivity index (χ2v) is 6.40. The number of ether oxygens (including phenoxy) is 2. The van der Waals surface area contributed by atoms with Crippen molar-refractivity contribution in [3.63, 3.8) is 0 Å². The highest BCUT2D eigenvalue weighted by Crippen LogP contribution is 2.27. The number of pyridine rings is 1. The lowest BCUT2D eigenvalue weighted by molar-refractivity contribution is -0.197. The Hall–Kier alpha value is -1.68. The van der Waals surface area contributed by atoms with Crippen molar-refractivity contribution in [3.8, 4) is 11.3 Å². The summed E-state index contributed by atoms with van der Waals surface area (Å²) in [7, 11) is 0. The van der Waals surface area contributed by atoms with Crippen molar-refractivity contribution in [3.05, 3.63) is 65.3 Å². The summed E-state index contributed by atoms with van der Waals surface area (Å²) in [6, 6.07) is 11.7. The highest BCUT2D eigenvalue weighted by Gasteiger charge is 2.22. The molecule has 2 aromatic rings. The van der Waals surface area contributed by atoms with Crippen LogP contribution in [0.25, 0.3) is 11.3 Å². The van der Waals surface area contributed by atoms with Gasteiger partial charge in [-0.1, -0.05) is 55.3 Å². The van der Waals surface area contributed by atoms with Crippen LogP contribution in [0.3, 0.4) is 0 Å². The Balaban J connectivity index is 1.59. The maximum absolute atomic E-state index is 5.92. The highest BCUT2D eigenvalue weighted by atomic mass is 35.5. The Morgan fingerprint density at radius 2 is 1.88 bits per heavy atom. The maximum atomic E-state index is 5.92. The lowest BCUT2D eigenvalue weighted by atomic mass is 10.1. The molecular weight excluding hydrogens is 322 g/mol. The van der Waals surface area contributed by atoms with E-state index in [1.165, 1.54) is 6.42 Å². The molecule has 24 heavy (non-hydrogen) atoms. The molecule has 0 unspecified atom stereocenters. The lowest BCUT2D eigenvalue weighted by Gasteiger charge is -2.28. The molecule has 1 saturated heterocycles. The first-order chi connectivity index (χ1) is 11.8. The molecule has 126 valence electrons. The largest absolute Gasteiger partial charge is 0.348 e. The van der Waals surface area contributed by atoms with Crippen LogP contribution in [0.15, 0.2) is 54.7 Å². The fourth-order valence-corrected chi connectivity index (χ4v) is 2.74. The fourth-order valence-electron chi connectivity index (χ4n) is 2.61. The molecule has 1 aromatic heterocycles. The van der Waals surface area contributed by atoms with Gasteiger partial charge in [0.05, 0.1) is 18.9 Å². The summed E-state index contributed by atoms with van der Waals surface area (Å²) in [6.45, 7) is 3.54. The second kappa shape index (κ2) is 8.43. The Labute approximate surface area is 148 Å². The molecule has 0 saturated carbocycles. The van der Waals surface area contributed by atoms with E-state index in [0.29, 0.717) is 19.1 Å². The molecule has 0 radical (unpaired) electrons. The average Bonchev–Trinajstić information content (AvgIpc) is 2.63. The molecule has 2 heterocycles. The monoisotopic (exact) mass is 343 g/mol. The van der Waals surface area contributed by atoms with E-state index in [4.69, 9.17) is 21.1 Å². The zero-order valence-corrected chi connectivity index (χ0v) is 14.6. The van der Waals surface area contributed by atoms with Crippen LogP contribution in [-0.4, -0.2) is 18.2 Å². The smallest absolute Gasteiger partial charge is 0.185 e. The van der Waals surface area contributed by atoms with Gasteiger partial charge in [0.2, 0.25) is 0 Å². The van der Waals surface area contributed by atoms with Gasteiger partial charge in [0.15, 0.2) is 6.29 Å². The Kier molecular flexibility index (Phi) is 6.02. The van der Waals surface area contributed by atoms with Crippen molar-refractivity contribution in [2.45, 2.75) is 26.1 Å². The fraction of sp³-hybridized carbons (Fsp3) is 0.350. The normalized spacial score (nSPS) is 21.2. The SMILES string of the molecule is CCC/C=C/C1COC(c2ccc(-c3ccc(Cl)cc3)nc2)OC1. The number of allylic oxidation sites excluding steroid dienone is 1. The number of halogens is 1. The Bertz CT molecular complexity index is 659. The number of benzene rings is 1. The number of rotatable bonds is 5. The van der Waals surface area contributed by atoms with Gasteiger partial charge in [-0.3, -0.25) is 4.98 Å². The number of aromatic nitrogens is 1. The molecule has 1 aromatic carbocycles. The lowest BCUT2D eigenvalue weighted by Crippen LogP contribution is -2.25. The van der Waals surface area contributed by atoms with Crippen LogP contribution >= 0.6 is 11.6 Å². The van der Waals surface area contributed by atoms with Gasteiger partial charge in [0.1, 0.15) is 0 Å². The zero-order chi connectivity index (χ0) is 16.8. The van der Waals surface area contributed by atoms with Crippen LogP contribution in [-0.2, 0) is 9.47 Å². The number of unbranched alkanes of at least 4 members (excludes halogenated alkanes) is 1. The van der Waals surface area contributed by atoms with E-state index in [1.54, 1.807) is 0 Å². The zero-order valence-electron chi connectivity index (χ0n) is 13.8. The standard InChI is InChI=1S/C20H22ClNO2/c1-2-3-4-5-15-13-23-20(24-14-15)17-8-11-19(22-12-17)16-6-9-18(21)10-7-16/h4-12,15,20H,2-3,13-14H2,1H3/b5-4+. The van der Waals surface area contributed by atoms with E-state index in [1.807, 2.05) is 42.6 Å². The molecule has 0 amide bonds. The predicted octanol–water partition coefficient (Wildman–Crippen LogP) is 5.42. The van der Waals surface area contributed by atoms with E-state index < -0.39 is 0 Å². The molecule has 1 aliphatic heterocycles. The van der Waals surface area contributed by atoms with E-state index in [9.17, 15) is 0 Å². The minimum Gasteiger partial charge on any atom is -0.348 e. The van der Waals surface area contributed by atoms with E-state index in [0.717, 1.165) is 28.3 Å². The first kappa shape index (κ1) is 17.2. The van der Waals surface area contributed by atoms with Crippen molar-refractivity contribution >= 4 is 11.6 Å². The van der Waals surface area contributed by atoms with Crippen LogP contribution in [0.5, 0.6) is 0 Å². The molecule has 0 bridgehead atoms. The first-order valence-corrected chi connectivity index (χ1v) is 8.76. The molecule has 3 nitrogen and oxygen atoms in total. The summed E-state index contributed by atoms with van der Waals surface area (Å²) in [6.07, 6.45) is 8.17. The molecule has 0 aliphatic carbocycles. The summed E-state index contributed by atoms with van der Waals surface area (Å²) < 4.78 is 11.7. The average molecular weight is 344 g/mol. The van der Waals surface area contributed by atoms with Crippen LogP contribution in [0.2, 0.25) is 5.02 Å². The summed E-state index contributed by atoms with van der Waals surface area (Å²) in [5.74, 6) is 0.342. The van der Waals surface area contributed by atoms with Gasteiger partial charge in [0, 0.05) is 28.3 Å². The van der Waals surface area contributed by atoms with Gasteiger partial charge < -0.3 is 9.47 Å². The van der Waals surface area contributed by atoms with Crippen LogP contribution in [0.4, 0.5) is 0 Å². The number of nitrogens with zero attached hydrogens (tertiary/aromatic N) is 1. The van der Waals surface area contributed by atoms with Gasteiger partial charge in [0.25, 0.3) is 0 Å². The summed E-state index contributed by atoms with van der Waals surface area (Å²) in [5, 5.41) is 0.724. The second-order valence-electron chi connectivity index (χ2n) is 5.96. The van der Waals surface area contributed by atoms with E-state index in [2.05, 4.69) is 24.1 Å². The number of hydrogen-bond acceptors (Lipinski definition) is 3. The molecular formula is C20H22ClNO2. The Morgan fingerprint density at radius 1 is 1.12 bits per heavy atom. The molecule has 3 rings (SSSR count). The third kappa shape index (κ3) is 4.44. The van der Waals surface area contributed by atoms with Crippen molar-refractivity contribution in [1.29, 1.82) is 0 Å². The van der Waals surface area contributed by atoms with E-state index in [-0.39, 0.29) is 6.29 Å². The van der Waals surface area contributed by atoms with Crippen LogP contribution in [0, 0.1) is 5.92 Å². The molecule has 1 fully saturated rings. The van der Waals surface area contributed by atoms with Gasteiger partial charge in [-0.15, -0.1) is 0 Å². The van der Waals surface area contributed by atoms with Crippen molar-refractivity contribution in [2.75, 3.05) is 13.2 Å². The summed E-state index contributed by atoms with van der Waals surface area (Å²) in [4.78, 5) is 4.52. The van der Waals surface area contributed by atoms with Crippen molar-refractivity contribution in [2.24, 2.45) is 5.92 Å². The van der Waals surface area contributed by atoms with Crippen molar-refractivity contribution < 1.29 is 9.47 Å². The molecule has 0 spiro atoms. The summed E-state index contributed by atoms with van der Waals surface area (Å²) in [5.41, 5.74) is 2.90. The van der Waals surface area contributed by atoms with Crippen LogP contribution in [0.1, 0.15) is 31.6 Å². The van der Waals surface area contributed by atoms with Crippen LogP contribution < -0.4 is 0 Å².